The third-order valence-corrected chi connectivity index (χ3v) is 4.50. The average Bonchev–Trinajstić information content (AvgIpc) is 2.38. The Morgan fingerprint density at radius 2 is 2.16 bits per heavy atom. The van der Waals surface area contributed by atoms with Crippen molar-refractivity contribution in [3.8, 4) is 5.75 Å². The van der Waals surface area contributed by atoms with Crippen LogP contribution < -0.4 is 10.5 Å². The van der Waals surface area contributed by atoms with Crippen molar-refractivity contribution >= 4 is 15.7 Å². The molecule has 0 aliphatic carbocycles. The van der Waals surface area contributed by atoms with E-state index in [1.165, 1.54) is 17.5 Å². The van der Waals surface area contributed by atoms with E-state index in [9.17, 15) is 8.42 Å². The third kappa shape index (κ3) is 3.48. The number of sulfonamides is 1. The van der Waals surface area contributed by atoms with E-state index in [1.54, 1.807) is 18.2 Å². The monoisotopic (exact) mass is 284 g/mol. The minimum Gasteiger partial charge on any atom is -0.495 e. The van der Waals surface area contributed by atoms with Gasteiger partial charge in [-0.2, -0.15) is 4.31 Å². The fourth-order valence-corrected chi connectivity index (χ4v) is 3.43. The molecule has 0 unspecified atom stereocenters. The van der Waals surface area contributed by atoms with Crippen molar-refractivity contribution in [3.05, 3.63) is 30.9 Å². The maximum Gasteiger partial charge on any atom is 0.247 e. The Kier molecular flexibility index (Phi) is 5.38. The summed E-state index contributed by atoms with van der Waals surface area (Å²) in [4.78, 5) is 0.0882. The number of nitrogens with two attached hydrogens (primary N) is 1. The molecule has 0 fully saturated rings. The van der Waals surface area contributed by atoms with Gasteiger partial charge in [0.1, 0.15) is 10.6 Å². The van der Waals surface area contributed by atoms with Crippen LogP contribution in [0.4, 0.5) is 5.69 Å². The van der Waals surface area contributed by atoms with Crippen molar-refractivity contribution in [1.29, 1.82) is 0 Å². The highest BCUT2D eigenvalue weighted by molar-refractivity contribution is 7.89. The first kappa shape index (κ1) is 15.5. The molecule has 0 saturated carbocycles. The fourth-order valence-electron chi connectivity index (χ4n) is 1.74. The van der Waals surface area contributed by atoms with E-state index in [-0.39, 0.29) is 11.4 Å². The van der Waals surface area contributed by atoms with Crippen molar-refractivity contribution in [2.24, 2.45) is 0 Å². The van der Waals surface area contributed by atoms with Crippen LogP contribution in [-0.4, -0.2) is 32.9 Å². The number of nitrogen functional groups attached to an aromatic ring is 1. The zero-order chi connectivity index (χ0) is 14.5. The molecule has 0 spiro atoms. The lowest BCUT2D eigenvalue weighted by molar-refractivity contribution is 0.395. The first-order valence-electron chi connectivity index (χ1n) is 6.02. The van der Waals surface area contributed by atoms with Gasteiger partial charge >= 0.3 is 0 Å². The molecule has 0 saturated heterocycles. The second-order valence-corrected chi connectivity index (χ2v) is 5.97. The maximum atomic E-state index is 12.6. The Labute approximate surface area is 114 Å². The molecule has 106 valence electrons. The normalized spacial score (nSPS) is 11.5. The van der Waals surface area contributed by atoms with Crippen LogP contribution in [-0.2, 0) is 10.0 Å². The minimum atomic E-state index is -3.63. The number of nitrogens with zero attached hydrogens (tertiary/aromatic N) is 1. The first-order chi connectivity index (χ1) is 8.97. The second kappa shape index (κ2) is 6.58. The largest absolute Gasteiger partial charge is 0.495 e. The van der Waals surface area contributed by atoms with Gasteiger partial charge in [0.05, 0.1) is 7.11 Å². The van der Waals surface area contributed by atoms with E-state index in [4.69, 9.17) is 10.5 Å². The standard InChI is InChI=1S/C13H20N2O3S/c1-4-8-15(9-5-2)19(16,17)13-10-11(14)6-7-12(13)18-3/h4,6-7,10H,1,5,8-9,14H2,2-3H3. The number of hydrogen-bond acceptors (Lipinski definition) is 4. The van der Waals surface area contributed by atoms with Crippen LogP contribution in [0.1, 0.15) is 13.3 Å². The summed E-state index contributed by atoms with van der Waals surface area (Å²) in [6, 6.07) is 4.58. The summed E-state index contributed by atoms with van der Waals surface area (Å²) in [6.45, 7) is 6.19. The lowest BCUT2D eigenvalue weighted by Gasteiger charge is -2.21. The van der Waals surface area contributed by atoms with Crippen molar-refractivity contribution < 1.29 is 13.2 Å². The lowest BCUT2D eigenvalue weighted by atomic mass is 10.3. The van der Waals surface area contributed by atoms with Gasteiger partial charge in [0.25, 0.3) is 0 Å². The van der Waals surface area contributed by atoms with E-state index < -0.39 is 10.0 Å². The summed E-state index contributed by atoms with van der Waals surface area (Å²) in [6.07, 6.45) is 2.28. The zero-order valence-corrected chi connectivity index (χ0v) is 12.1. The van der Waals surface area contributed by atoms with Crippen LogP contribution in [0, 0.1) is 0 Å². The SMILES string of the molecule is C=CCN(CCC)S(=O)(=O)c1cc(N)ccc1OC. The zero-order valence-electron chi connectivity index (χ0n) is 11.3. The van der Waals surface area contributed by atoms with Gasteiger partial charge in [-0.15, -0.1) is 6.58 Å². The highest BCUT2D eigenvalue weighted by Crippen LogP contribution is 2.28. The molecule has 5 nitrogen and oxygen atoms in total. The molecule has 0 aliphatic rings. The van der Waals surface area contributed by atoms with Gasteiger partial charge in [-0.25, -0.2) is 8.42 Å². The van der Waals surface area contributed by atoms with E-state index >= 15 is 0 Å². The quantitative estimate of drug-likeness (QED) is 0.613. The molecule has 0 heterocycles. The molecule has 1 rings (SSSR count). The molecule has 2 N–H and O–H groups in total. The Balaban J connectivity index is 3.31. The van der Waals surface area contributed by atoms with E-state index in [1.807, 2.05) is 6.92 Å². The summed E-state index contributed by atoms with van der Waals surface area (Å²) in [7, 11) is -2.20. The predicted octanol–water partition coefficient (Wildman–Crippen LogP) is 1.86. The predicted molar refractivity (Wildman–Crippen MR) is 76.7 cm³/mol. The molecule has 0 amide bonds. The van der Waals surface area contributed by atoms with Crippen LogP contribution in [0.25, 0.3) is 0 Å². The summed E-state index contributed by atoms with van der Waals surface area (Å²) in [5, 5.41) is 0. The molecule has 1 aromatic rings. The van der Waals surface area contributed by atoms with Gasteiger partial charge < -0.3 is 10.5 Å². The van der Waals surface area contributed by atoms with Crippen LogP contribution in [0.5, 0.6) is 5.75 Å². The Hall–Kier alpha value is -1.53. The molecule has 0 bridgehead atoms. The Morgan fingerprint density at radius 3 is 2.68 bits per heavy atom. The van der Waals surface area contributed by atoms with Crippen LogP contribution in [0.3, 0.4) is 0 Å². The number of ether oxygens (including phenoxy) is 1. The van der Waals surface area contributed by atoms with E-state index in [0.29, 0.717) is 18.0 Å². The van der Waals surface area contributed by atoms with Gasteiger partial charge in [-0.1, -0.05) is 13.0 Å². The second-order valence-electron chi connectivity index (χ2n) is 4.06. The first-order valence-corrected chi connectivity index (χ1v) is 7.46. The number of benzene rings is 1. The topological polar surface area (TPSA) is 72.6 Å². The molecule has 0 radical (unpaired) electrons. The smallest absolute Gasteiger partial charge is 0.247 e. The minimum absolute atomic E-state index is 0.0882. The van der Waals surface area contributed by atoms with Gasteiger partial charge in [-0.3, -0.25) is 0 Å². The summed E-state index contributed by atoms with van der Waals surface area (Å²) < 4.78 is 31.6. The number of hydrogen-bond donors (Lipinski definition) is 1. The molecule has 19 heavy (non-hydrogen) atoms. The van der Waals surface area contributed by atoms with Gasteiger partial charge in [0.2, 0.25) is 10.0 Å². The van der Waals surface area contributed by atoms with E-state index in [2.05, 4.69) is 6.58 Å². The van der Waals surface area contributed by atoms with Gasteiger partial charge in [0, 0.05) is 18.8 Å². The van der Waals surface area contributed by atoms with Crippen molar-refractivity contribution in [3.63, 3.8) is 0 Å². The molecule has 1 aromatic carbocycles. The molecule has 0 aromatic heterocycles. The molecule has 6 heteroatoms. The molecule has 0 aliphatic heterocycles. The van der Waals surface area contributed by atoms with Crippen LogP contribution in [0.15, 0.2) is 35.7 Å². The molecular formula is C13H20N2O3S. The summed E-state index contributed by atoms with van der Waals surface area (Å²) >= 11 is 0. The van der Waals surface area contributed by atoms with Gasteiger partial charge in [-0.05, 0) is 24.6 Å². The van der Waals surface area contributed by atoms with Crippen molar-refractivity contribution in [1.82, 2.24) is 4.31 Å². The highest BCUT2D eigenvalue weighted by Gasteiger charge is 2.26. The highest BCUT2D eigenvalue weighted by atomic mass is 32.2. The van der Waals surface area contributed by atoms with Crippen LogP contribution >= 0.6 is 0 Å². The van der Waals surface area contributed by atoms with E-state index in [0.717, 1.165) is 6.42 Å². The van der Waals surface area contributed by atoms with Crippen molar-refractivity contribution in [2.75, 3.05) is 25.9 Å². The number of anilines is 1. The Bertz CT molecular complexity index is 541. The molecule has 0 atom stereocenters. The van der Waals surface area contributed by atoms with Gasteiger partial charge in [0.15, 0.2) is 0 Å². The maximum absolute atomic E-state index is 12.6. The summed E-state index contributed by atoms with van der Waals surface area (Å²) in [5.41, 5.74) is 6.05. The fraction of sp³-hybridized carbons (Fsp3) is 0.385. The summed E-state index contributed by atoms with van der Waals surface area (Å²) in [5.74, 6) is 0.291. The average molecular weight is 284 g/mol. The third-order valence-electron chi connectivity index (χ3n) is 2.61. The number of rotatable bonds is 7. The van der Waals surface area contributed by atoms with Crippen molar-refractivity contribution in [2.45, 2.75) is 18.2 Å². The molecular weight excluding hydrogens is 264 g/mol. The number of methoxy groups -OCH3 is 1. The Morgan fingerprint density at radius 1 is 1.47 bits per heavy atom. The lowest BCUT2D eigenvalue weighted by Crippen LogP contribution is -2.32. The van der Waals surface area contributed by atoms with Crippen LogP contribution in [0.2, 0.25) is 0 Å².